The molecule has 3 aromatic rings. The Balaban J connectivity index is 2.02. The zero-order valence-corrected chi connectivity index (χ0v) is 17.0. The Kier molecular flexibility index (Phi) is 6.02. The third-order valence-electron chi connectivity index (χ3n) is 3.91. The predicted octanol–water partition coefficient (Wildman–Crippen LogP) is 2.44. The summed E-state index contributed by atoms with van der Waals surface area (Å²) >= 11 is 0. The van der Waals surface area contributed by atoms with Gasteiger partial charge in [-0.15, -0.1) is 0 Å². The van der Waals surface area contributed by atoms with E-state index in [-0.39, 0.29) is 11.4 Å². The van der Waals surface area contributed by atoms with Gasteiger partial charge in [-0.3, -0.25) is 9.52 Å². The van der Waals surface area contributed by atoms with Gasteiger partial charge in [-0.25, -0.2) is 18.4 Å². The van der Waals surface area contributed by atoms with Crippen molar-refractivity contribution in [3.63, 3.8) is 0 Å². The SMILES string of the molecule is COc1ncccc1Nc1nccc(Nc2ccccc2NS(C)(=O)=O)c1C(N)=O. The summed E-state index contributed by atoms with van der Waals surface area (Å²) in [5.41, 5.74) is 7.27. The van der Waals surface area contributed by atoms with Gasteiger partial charge in [0, 0.05) is 12.4 Å². The molecular formula is C19H20N6O4S. The van der Waals surface area contributed by atoms with Crippen LogP contribution in [0.5, 0.6) is 5.88 Å². The van der Waals surface area contributed by atoms with Gasteiger partial charge in [0.15, 0.2) is 0 Å². The van der Waals surface area contributed by atoms with Gasteiger partial charge >= 0.3 is 0 Å². The number of nitrogens with zero attached hydrogens (tertiary/aromatic N) is 2. The third-order valence-corrected chi connectivity index (χ3v) is 4.50. The van der Waals surface area contributed by atoms with Crippen LogP contribution in [-0.2, 0) is 10.0 Å². The molecule has 0 spiro atoms. The number of hydrogen-bond acceptors (Lipinski definition) is 8. The molecule has 0 aliphatic heterocycles. The molecule has 2 heterocycles. The summed E-state index contributed by atoms with van der Waals surface area (Å²) in [7, 11) is -2.03. The smallest absolute Gasteiger partial charge is 0.254 e. The summed E-state index contributed by atoms with van der Waals surface area (Å²) in [5, 5.41) is 6.05. The quantitative estimate of drug-likeness (QED) is 0.427. The van der Waals surface area contributed by atoms with E-state index in [1.165, 1.54) is 13.3 Å². The van der Waals surface area contributed by atoms with Crippen molar-refractivity contribution in [1.29, 1.82) is 0 Å². The van der Waals surface area contributed by atoms with Crippen LogP contribution in [0, 0.1) is 0 Å². The topological polar surface area (TPSA) is 148 Å². The number of amides is 1. The van der Waals surface area contributed by atoms with Crippen molar-refractivity contribution in [2.45, 2.75) is 0 Å². The van der Waals surface area contributed by atoms with E-state index in [1.807, 2.05) is 0 Å². The number of rotatable bonds is 8. The average Bonchev–Trinajstić information content (AvgIpc) is 2.69. The lowest BCUT2D eigenvalue weighted by Crippen LogP contribution is -2.17. The second-order valence-electron chi connectivity index (χ2n) is 6.18. The highest BCUT2D eigenvalue weighted by molar-refractivity contribution is 7.92. The van der Waals surface area contributed by atoms with Gasteiger partial charge in [0.05, 0.1) is 30.4 Å². The summed E-state index contributed by atoms with van der Waals surface area (Å²) < 4.78 is 30.9. The van der Waals surface area contributed by atoms with E-state index >= 15 is 0 Å². The van der Waals surface area contributed by atoms with Crippen LogP contribution in [0.2, 0.25) is 0 Å². The fourth-order valence-corrected chi connectivity index (χ4v) is 3.29. The van der Waals surface area contributed by atoms with E-state index in [2.05, 4.69) is 25.3 Å². The molecule has 0 aliphatic rings. The first-order valence-electron chi connectivity index (χ1n) is 8.67. The second-order valence-corrected chi connectivity index (χ2v) is 7.92. The molecule has 1 amide bonds. The standard InChI is InChI=1S/C19H20N6O4S/c1-29-19-15(8-5-10-22-19)24-18-16(17(20)26)14(9-11-21-18)23-12-6-3-4-7-13(12)25-30(2,27)28/h3-11,25H,1-2H3,(H2,20,26)(H2,21,23,24). The molecule has 0 saturated carbocycles. The molecular weight excluding hydrogens is 408 g/mol. The Bertz CT molecular complexity index is 1180. The van der Waals surface area contributed by atoms with Gasteiger partial charge in [0.1, 0.15) is 17.1 Å². The molecule has 5 N–H and O–H groups in total. The highest BCUT2D eigenvalue weighted by atomic mass is 32.2. The number of nitrogens with two attached hydrogens (primary N) is 1. The van der Waals surface area contributed by atoms with E-state index in [4.69, 9.17) is 10.5 Å². The first kappa shape index (κ1) is 20.9. The summed E-state index contributed by atoms with van der Waals surface area (Å²) in [6, 6.07) is 11.6. The minimum absolute atomic E-state index is 0.0811. The number of primary amides is 1. The van der Waals surface area contributed by atoms with Crippen LogP contribution in [0.4, 0.5) is 28.6 Å². The number of para-hydroxylation sites is 2. The molecule has 0 atom stereocenters. The molecule has 11 heteroatoms. The molecule has 0 aliphatic carbocycles. The largest absolute Gasteiger partial charge is 0.480 e. The lowest BCUT2D eigenvalue weighted by molar-refractivity contribution is 0.100. The Hall–Kier alpha value is -3.86. The van der Waals surface area contributed by atoms with Crippen molar-refractivity contribution in [3.8, 4) is 5.88 Å². The van der Waals surface area contributed by atoms with Crippen LogP contribution in [0.1, 0.15) is 10.4 Å². The summed E-state index contributed by atoms with van der Waals surface area (Å²) in [6.07, 6.45) is 4.09. The van der Waals surface area contributed by atoms with E-state index in [1.54, 1.807) is 48.7 Å². The van der Waals surface area contributed by atoms with Crippen molar-refractivity contribution in [2.24, 2.45) is 5.73 Å². The van der Waals surface area contributed by atoms with Crippen LogP contribution in [-0.4, -0.2) is 37.7 Å². The minimum atomic E-state index is -3.50. The van der Waals surface area contributed by atoms with E-state index < -0.39 is 15.9 Å². The van der Waals surface area contributed by atoms with Crippen LogP contribution < -0.4 is 25.8 Å². The Labute approximate surface area is 173 Å². The molecule has 10 nitrogen and oxygen atoms in total. The Morgan fingerprint density at radius 3 is 2.30 bits per heavy atom. The number of hydrogen-bond donors (Lipinski definition) is 4. The highest BCUT2D eigenvalue weighted by Gasteiger charge is 2.18. The zero-order valence-electron chi connectivity index (χ0n) is 16.2. The van der Waals surface area contributed by atoms with Crippen LogP contribution in [0.25, 0.3) is 0 Å². The maximum Gasteiger partial charge on any atom is 0.254 e. The van der Waals surface area contributed by atoms with Crippen molar-refractivity contribution >= 4 is 44.5 Å². The summed E-state index contributed by atoms with van der Waals surface area (Å²) in [5.74, 6) is -0.229. The normalized spacial score (nSPS) is 10.9. The molecule has 0 bridgehead atoms. The molecule has 30 heavy (non-hydrogen) atoms. The number of benzene rings is 1. The lowest BCUT2D eigenvalue weighted by atomic mass is 10.1. The minimum Gasteiger partial charge on any atom is -0.480 e. The van der Waals surface area contributed by atoms with Crippen LogP contribution in [0.3, 0.4) is 0 Å². The van der Waals surface area contributed by atoms with Gasteiger partial charge < -0.3 is 21.1 Å². The first-order chi connectivity index (χ1) is 14.3. The van der Waals surface area contributed by atoms with Gasteiger partial charge in [-0.2, -0.15) is 0 Å². The number of aromatic nitrogens is 2. The monoisotopic (exact) mass is 428 g/mol. The van der Waals surface area contributed by atoms with Crippen LogP contribution >= 0.6 is 0 Å². The number of carbonyl (C=O) groups is 1. The van der Waals surface area contributed by atoms with Crippen molar-refractivity contribution in [3.05, 3.63) is 60.4 Å². The van der Waals surface area contributed by atoms with Crippen molar-refractivity contribution in [2.75, 3.05) is 28.7 Å². The van der Waals surface area contributed by atoms with Crippen LogP contribution in [0.15, 0.2) is 54.9 Å². The van der Waals surface area contributed by atoms with E-state index in [0.717, 1.165) is 6.26 Å². The molecule has 1 aromatic carbocycles. The van der Waals surface area contributed by atoms with Gasteiger partial charge in [0.2, 0.25) is 15.9 Å². The van der Waals surface area contributed by atoms with Crippen molar-refractivity contribution in [1.82, 2.24) is 9.97 Å². The lowest BCUT2D eigenvalue weighted by Gasteiger charge is -2.17. The second kappa shape index (κ2) is 8.66. The van der Waals surface area contributed by atoms with Gasteiger partial charge in [0.25, 0.3) is 5.91 Å². The Morgan fingerprint density at radius 2 is 1.63 bits per heavy atom. The maximum absolute atomic E-state index is 12.2. The summed E-state index contributed by atoms with van der Waals surface area (Å²) in [6.45, 7) is 0. The third kappa shape index (κ3) is 4.94. The molecule has 0 radical (unpaired) electrons. The number of pyridine rings is 2. The van der Waals surface area contributed by atoms with E-state index in [0.29, 0.717) is 28.6 Å². The highest BCUT2D eigenvalue weighted by Crippen LogP contribution is 2.32. The van der Waals surface area contributed by atoms with Crippen molar-refractivity contribution < 1.29 is 17.9 Å². The average molecular weight is 428 g/mol. The zero-order chi connectivity index (χ0) is 21.7. The summed E-state index contributed by atoms with van der Waals surface area (Å²) in [4.78, 5) is 20.5. The number of anilines is 5. The predicted molar refractivity (Wildman–Crippen MR) is 115 cm³/mol. The number of nitrogens with one attached hydrogen (secondary N) is 3. The molecule has 0 saturated heterocycles. The molecule has 3 rings (SSSR count). The Morgan fingerprint density at radius 1 is 0.933 bits per heavy atom. The number of sulfonamides is 1. The number of methoxy groups -OCH3 is 1. The fraction of sp³-hybridized carbons (Fsp3) is 0.105. The number of ether oxygens (including phenoxy) is 1. The molecule has 0 fully saturated rings. The van der Waals surface area contributed by atoms with E-state index in [9.17, 15) is 13.2 Å². The fourth-order valence-electron chi connectivity index (χ4n) is 2.71. The molecule has 2 aromatic heterocycles. The van der Waals surface area contributed by atoms with Gasteiger partial charge in [-0.05, 0) is 30.3 Å². The molecule has 0 unspecified atom stereocenters. The maximum atomic E-state index is 12.2. The molecule has 156 valence electrons. The number of carbonyl (C=O) groups excluding carboxylic acids is 1. The van der Waals surface area contributed by atoms with Gasteiger partial charge in [-0.1, -0.05) is 12.1 Å². The first-order valence-corrected chi connectivity index (χ1v) is 10.6.